The van der Waals surface area contributed by atoms with Crippen molar-refractivity contribution in [3.05, 3.63) is 42.1 Å². The summed E-state index contributed by atoms with van der Waals surface area (Å²) >= 11 is 0. The third-order valence-electron chi connectivity index (χ3n) is 4.58. The second-order valence-corrected chi connectivity index (χ2v) is 6.04. The van der Waals surface area contributed by atoms with Crippen LogP contribution in [0.15, 0.2) is 36.5 Å². The number of aromatic nitrogens is 1. The number of nitrogens with one attached hydrogen (secondary N) is 1. The molecule has 1 aliphatic rings. The first kappa shape index (κ1) is 14.5. The van der Waals surface area contributed by atoms with Gasteiger partial charge in [0.05, 0.1) is 5.52 Å². The van der Waals surface area contributed by atoms with E-state index in [2.05, 4.69) is 46.4 Å². The first-order valence-electron chi connectivity index (χ1n) is 8.12. The Morgan fingerprint density at radius 3 is 2.90 bits per heavy atom. The first-order valence-corrected chi connectivity index (χ1v) is 8.12. The molecule has 0 atom stereocenters. The summed E-state index contributed by atoms with van der Waals surface area (Å²) in [6.07, 6.45) is 4.52. The van der Waals surface area contributed by atoms with E-state index in [1.165, 1.54) is 43.4 Å². The van der Waals surface area contributed by atoms with Gasteiger partial charge in [0, 0.05) is 18.1 Å². The summed E-state index contributed by atoms with van der Waals surface area (Å²) in [7, 11) is 0. The SMILES string of the molecule is CCN1CCC(CNCc2ccc3ncccc3c2)CC1. The van der Waals surface area contributed by atoms with Gasteiger partial charge in [0.1, 0.15) is 0 Å². The molecule has 0 radical (unpaired) electrons. The van der Waals surface area contributed by atoms with Crippen molar-refractivity contribution in [2.75, 3.05) is 26.2 Å². The zero-order chi connectivity index (χ0) is 14.5. The quantitative estimate of drug-likeness (QED) is 0.914. The van der Waals surface area contributed by atoms with Crippen LogP contribution in [0.25, 0.3) is 10.9 Å². The van der Waals surface area contributed by atoms with E-state index in [0.29, 0.717) is 0 Å². The maximum Gasteiger partial charge on any atom is 0.0702 e. The van der Waals surface area contributed by atoms with E-state index in [-0.39, 0.29) is 0 Å². The average Bonchev–Trinajstić information content (AvgIpc) is 2.55. The predicted molar refractivity (Wildman–Crippen MR) is 88.3 cm³/mol. The van der Waals surface area contributed by atoms with Gasteiger partial charge in [0.15, 0.2) is 0 Å². The van der Waals surface area contributed by atoms with Crippen LogP contribution in [-0.2, 0) is 6.54 Å². The van der Waals surface area contributed by atoms with E-state index in [0.717, 1.165) is 24.5 Å². The molecule has 1 aromatic carbocycles. The minimum atomic E-state index is 0.843. The Balaban J connectivity index is 1.48. The molecule has 0 bridgehead atoms. The fourth-order valence-corrected chi connectivity index (χ4v) is 3.16. The second-order valence-electron chi connectivity index (χ2n) is 6.04. The standard InChI is InChI=1S/C18H25N3/c1-2-21-10-7-15(8-11-21)13-19-14-16-5-6-18-17(12-16)4-3-9-20-18/h3-6,9,12,15,19H,2,7-8,10-11,13-14H2,1H3. The van der Waals surface area contributed by atoms with Gasteiger partial charge in [-0.15, -0.1) is 0 Å². The van der Waals surface area contributed by atoms with Crippen molar-refractivity contribution >= 4 is 10.9 Å². The normalized spacial score (nSPS) is 17.4. The molecule has 3 nitrogen and oxygen atoms in total. The fraction of sp³-hybridized carbons (Fsp3) is 0.500. The molecule has 112 valence electrons. The lowest BCUT2D eigenvalue weighted by Gasteiger charge is -2.31. The molecule has 2 aromatic rings. The van der Waals surface area contributed by atoms with Crippen LogP contribution >= 0.6 is 0 Å². The molecular weight excluding hydrogens is 258 g/mol. The zero-order valence-corrected chi connectivity index (χ0v) is 12.9. The Bertz CT molecular complexity index is 573. The van der Waals surface area contributed by atoms with Crippen LogP contribution in [0.3, 0.4) is 0 Å². The van der Waals surface area contributed by atoms with Crippen LogP contribution < -0.4 is 5.32 Å². The Labute approximate surface area is 127 Å². The maximum absolute atomic E-state index is 4.37. The number of rotatable bonds is 5. The summed E-state index contributed by atoms with van der Waals surface area (Å²) in [4.78, 5) is 6.91. The topological polar surface area (TPSA) is 28.2 Å². The Hall–Kier alpha value is -1.45. The molecule has 1 saturated heterocycles. The lowest BCUT2D eigenvalue weighted by atomic mass is 9.97. The van der Waals surface area contributed by atoms with Gasteiger partial charge >= 0.3 is 0 Å². The van der Waals surface area contributed by atoms with Gasteiger partial charge in [-0.25, -0.2) is 0 Å². The summed E-state index contributed by atoms with van der Waals surface area (Å²) in [5.74, 6) is 0.843. The Kier molecular flexibility index (Phi) is 4.84. The molecule has 0 saturated carbocycles. The highest BCUT2D eigenvalue weighted by molar-refractivity contribution is 5.78. The number of piperidine rings is 1. The summed E-state index contributed by atoms with van der Waals surface area (Å²) < 4.78 is 0. The largest absolute Gasteiger partial charge is 0.312 e. The van der Waals surface area contributed by atoms with Crippen molar-refractivity contribution in [2.45, 2.75) is 26.3 Å². The molecule has 0 spiro atoms. The van der Waals surface area contributed by atoms with Crippen LogP contribution in [0.2, 0.25) is 0 Å². The van der Waals surface area contributed by atoms with Gasteiger partial charge < -0.3 is 10.2 Å². The molecule has 0 aliphatic carbocycles. The molecule has 2 heterocycles. The zero-order valence-electron chi connectivity index (χ0n) is 12.9. The third kappa shape index (κ3) is 3.80. The molecule has 3 rings (SSSR count). The van der Waals surface area contributed by atoms with E-state index in [1.807, 2.05) is 12.3 Å². The monoisotopic (exact) mass is 283 g/mol. The summed E-state index contributed by atoms with van der Waals surface area (Å²) in [6.45, 7) is 8.09. The molecule has 1 aromatic heterocycles. The number of pyridine rings is 1. The number of fused-ring (bicyclic) bond motifs is 1. The fourth-order valence-electron chi connectivity index (χ4n) is 3.16. The van der Waals surface area contributed by atoms with Gasteiger partial charge in [-0.05, 0) is 68.7 Å². The summed E-state index contributed by atoms with van der Waals surface area (Å²) in [6, 6.07) is 10.7. The molecule has 3 heteroatoms. The van der Waals surface area contributed by atoms with Crippen molar-refractivity contribution in [3.8, 4) is 0 Å². The van der Waals surface area contributed by atoms with Crippen LogP contribution in [0, 0.1) is 5.92 Å². The average molecular weight is 283 g/mol. The molecule has 21 heavy (non-hydrogen) atoms. The Morgan fingerprint density at radius 2 is 2.10 bits per heavy atom. The number of hydrogen-bond donors (Lipinski definition) is 1. The lowest BCUT2D eigenvalue weighted by molar-refractivity contribution is 0.190. The van der Waals surface area contributed by atoms with Gasteiger partial charge in [-0.3, -0.25) is 4.98 Å². The van der Waals surface area contributed by atoms with E-state index < -0.39 is 0 Å². The van der Waals surface area contributed by atoms with Gasteiger partial charge in [-0.1, -0.05) is 19.1 Å². The van der Waals surface area contributed by atoms with Crippen LogP contribution in [0.1, 0.15) is 25.3 Å². The minimum absolute atomic E-state index is 0.843. The molecule has 1 fully saturated rings. The van der Waals surface area contributed by atoms with Crippen molar-refractivity contribution in [1.82, 2.24) is 15.2 Å². The van der Waals surface area contributed by atoms with Gasteiger partial charge in [-0.2, -0.15) is 0 Å². The van der Waals surface area contributed by atoms with Crippen LogP contribution in [0.4, 0.5) is 0 Å². The minimum Gasteiger partial charge on any atom is -0.312 e. The molecule has 1 N–H and O–H groups in total. The number of hydrogen-bond acceptors (Lipinski definition) is 3. The highest BCUT2D eigenvalue weighted by atomic mass is 15.1. The second kappa shape index (κ2) is 7.01. The number of nitrogens with zero attached hydrogens (tertiary/aromatic N) is 2. The molecule has 0 unspecified atom stereocenters. The van der Waals surface area contributed by atoms with E-state index >= 15 is 0 Å². The highest BCUT2D eigenvalue weighted by Gasteiger charge is 2.17. The smallest absolute Gasteiger partial charge is 0.0702 e. The summed E-state index contributed by atoms with van der Waals surface area (Å²) in [5.41, 5.74) is 2.43. The summed E-state index contributed by atoms with van der Waals surface area (Å²) in [5, 5.41) is 4.86. The van der Waals surface area contributed by atoms with Crippen LogP contribution in [0.5, 0.6) is 0 Å². The lowest BCUT2D eigenvalue weighted by Crippen LogP contribution is -2.36. The Morgan fingerprint density at radius 1 is 1.24 bits per heavy atom. The third-order valence-corrected chi connectivity index (χ3v) is 4.58. The van der Waals surface area contributed by atoms with Crippen molar-refractivity contribution in [1.29, 1.82) is 0 Å². The van der Waals surface area contributed by atoms with E-state index in [4.69, 9.17) is 0 Å². The first-order chi connectivity index (χ1) is 10.3. The van der Waals surface area contributed by atoms with Gasteiger partial charge in [0.2, 0.25) is 0 Å². The number of benzene rings is 1. The molecule has 0 amide bonds. The highest BCUT2D eigenvalue weighted by Crippen LogP contribution is 2.17. The van der Waals surface area contributed by atoms with E-state index in [1.54, 1.807) is 0 Å². The maximum atomic E-state index is 4.37. The number of likely N-dealkylation sites (tertiary alicyclic amines) is 1. The van der Waals surface area contributed by atoms with Crippen molar-refractivity contribution in [2.24, 2.45) is 5.92 Å². The van der Waals surface area contributed by atoms with Crippen molar-refractivity contribution in [3.63, 3.8) is 0 Å². The van der Waals surface area contributed by atoms with E-state index in [9.17, 15) is 0 Å². The molecular formula is C18H25N3. The molecule has 1 aliphatic heterocycles. The van der Waals surface area contributed by atoms with Crippen LogP contribution in [-0.4, -0.2) is 36.1 Å². The van der Waals surface area contributed by atoms with Crippen molar-refractivity contribution < 1.29 is 0 Å². The predicted octanol–water partition coefficient (Wildman–Crippen LogP) is 3.06. The van der Waals surface area contributed by atoms with Gasteiger partial charge in [0.25, 0.3) is 0 Å².